The number of aryl methyl sites for hydroxylation is 1. The van der Waals surface area contributed by atoms with Gasteiger partial charge in [0.05, 0.1) is 11.7 Å². The Hall–Kier alpha value is -2.83. The maximum atomic E-state index is 12.8. The summed E-state index contributed by atoms with van der Waals surface area (Å²) in [6.07, 6.45) is 4.49. The second-order valence-corrected chi connectivity index (χ2v) is 10.9. The fourth-order valence-electron chi connectivity index (χ4n) is 4.26. The molecule has 3 rings (SSSR count). The minimum atomic E-state index is -0.596. The van der Waals surface area contributed by atoms with Crippen LogP contribution in [-0.2, 0) is 9.47 Å². The molecule has 1 amide bonds. The predicted octanol–water partition coefficient (Wildman–Crippen LogP) is 6.28. The zero-order valence-corrected chi connectivity index (χ0v) is 21.2. The van der Waals surface area contributed by atoms with Gasteiger partial charge in [-0.2, -0.15) is 0 Å². The van der Waals surface area contributed by atoms with Crippen LogP contribution in [0.1, 0.15) is 84.0 Å². The number of piperidine rings is 1. The average Bonchev–Trinajstić information content (AvgIpc) is 3.07. The highest BCUT2D eigenvalue weighted by Gasteiger charge is 2.30. The zero-order valence-electron chi connectivity index (χ0n) is 21.2. The zero-order chi connectivity index (χ0) is 24.7. The molecule has 1 saturated heterocycles. The van der Waals surface area contributed by atoms with Gasteiger partial charge < -0.3 is 14.4 Å². The summed E-state index contributed by atoms with van der Waals surface area (Å²) in [6.45, 7) is 20.5. The van der Waals surface area contributed by atoms with Crippen LogP contribution in [0.4, 0.5) is 9.59 Å². The molecule has 0 saturated carbocycles. The number of amides is 1. The van der Waals surface area contributed by atoms with Crippen LogP contribution in [0.15, 0.2) is 19.0 Å². The third kappa shape index (κ3) is 5.57. The molecule has 0 bridgehead atoms. The first-order valence-corrected chi connectivity index (χ1v) is 11.6. The van der Waals surface area contributed by atoms with Crippen LogP contribution < -0.4 is 0 Å². The third-order valence-electron chi connectivity index (χ3n) is 5.71. The number of carbonyl (C=O) groups excluding carboxylic acids is 2. The van der Waals surface area contributed by atoms with Gasteiger partial charge in [-0.3, -0.25) is 9.55 Å². The van der Waals surface area contributed by atoms with E-state index in [9.17, 15) is 9.59 Å². The number of hydrogen-bond acceptors (Lipinski definition) is 5. The van der Waals surface area contributed by atoms with E-state index < -0.39 is 17.3 Å². The van der Waals surface area contributed by atoms with Gasteiger partial charge in [-0.1, -0.05) is 6.58 Å². The molecule has 0 spiro atoms. The van der Waals surface area contributed by atoms with Crippen molar-refractivity contribution in [3.63, 3.8) is 0 Å². The van der Waals surface area contributed by atoms with Crippen LogP contribution >= 0.6 is 0 Å². The number of hydrogen-bond donors (Lipinski definition) is 0. The van der Waals surface area contributed by atoms with Gasteiger partial charge in [-0.25, -0.2) is 9.59 Å². The largest absolute Gasteiger partial charge is 0.444 e. The summed E-state index contributed by atoms with van der Waals surface area (Å²) < 4.78 is 12.6. The molecular weight excluding hydrogens is 418 g/mol. The summed E-state index contributed by atoms with van der Waals surface area (Å²) >= 11 is 0. The van der Waals surface area contributed by atoms with E-state index in [0.717, 1.165) is 46.1 Å². The van der Waals surface area contributed by atoms with Crippen molar-refractivity contribution in [1.82, 2.24) is 14.5 Å². The number of rotatable bonds is 2. The van der Waals surface area contributed by atoms with E-state index in [2.05, 4.69) is 13.5 Å². The molecule has 7 nitrogen and oxygen atoms in total. The molecule has 2 aromatic rings. The molecule has 0 atom stereocenters. The number of likely N-dealkylation sites (tertiary alicyclic amines) is 1. The number of nitrogens with zero attached hydrogens (tertiary/aromatic N) is 3. The number of ether oxygens (including phenoxy) is 2. The molecule has 2 aromatic heterocycles. The second-order valence-electron chi connectivity index (χ2n) is 10.9. The second kappa shape index (κ2) is 8.84. The van der Waals surface area contributed by atoms with Crippen LogP contribution in [0.2, 0.25) is 0 Å². The minimum Gasteiger partial charge on any atom is -0.444 e. The Morgan fingerprint density at radius 1 is 1.03 bits per heavy atom. The summed E-state index contributed by atoms with van der Waals surface area (Å²) in [6, 6.07) is 0. The van der Waals surface area contributed by atoms with E-state index in [0.29, 0.717) is 13.1 Å². The van der Waals surface area contributed by atoms with Gasteiger partial charge in [0, 0.05) is 41.8 Å². The quantitative estimate of drug-likeness (QED) is 0.533. The van der Waals surface area contributed by atoms with Crippen molar-refractivity contribution in [3.05, 3.63) is 35.8 Å². The summed E-state index contributed by atoms with van der Waals surface area (Å²) in [5.74, 6) is 0.232. The molecule has 0 unspecified atom stereocenters. The lowest BCUT2D eigenvalue weighted by atomic mass is 9.89. The van der Waals surface area contributed by atoms with Gasteiger partial charge in [-0.05, 0) is 79.4 Å². The highest BCUT2D eigenvalue weighted by atomic mass is 16.6. The van der Waals surface area contributed by atoms with Crippen molar-refractivity contribution in [3.8, 4) is 0 Å². The van der Waals surface area contributed by atoms with Crippen LogP contribution in [-0.4, -0.2) is 50.9 Å². The Morgan fingerprint density at radius 2 is 1.58 bits per heavy atom. The standard InChI is InChI=1S/C26H37N3O4/c1-16(2)19-15-29(24(31)33-26(7,8)9)20-14-27-22(17(3)21(19)20)18-10-12-28(13-11-18)23(30)32-25(4,5)6/h14-15,18H,1,10-13H2,2-9H3. The lowest BCUT2D eigenvalue weighted by molar-refractivity contribution is 0.0203. The Labute approximate surface area is 196 Å². The summed E-state index contributed by atoms with van der Waals surface area (Å²) in [5, 5.41) is 0.980. The van der Waals surface area contributed by atoms with E-state index in [4.69, 9.17) is 14.5 Å². The van der Waals surface area contributed by atoms with E-state index in [-0.39, 0.29) is 12.0 Å². The molecular formula is C26H37N3O4. The van der Waals surface area contributed by atoms with Crippen molar-refractivity contribution in [2.75, 3.05) is 13.1 Å². The highest BCUT2D eigenvalue weighted by Crippen LogP contribution is 2.36. The van der Waals surface area contributed by atoms with Crippen LogP contribution in [0.3, 0.4) is 0 Å². The van der Waals surface area contributed by atoms with Crippen molar-refractivity contribution in [2.45, 2.75) is 85.4 Å². The molecule has 1 aliphatic heterocycles. The van der Waals surface area contributed by atoms with Gasteiger partial charge in [0.25, 0.3) is 0 Å². The Kier molecular flexibility index (Phi) is 6.65. The molecule has 0 aliphatic carbocycles. The molecule has 33 heavy (non-hydrogen) atoms. The normalized spacial score (nSPS) is 15.6. The van der Waals surface area contributed by atoms with E-state index >= 15 is 0 Å². The maximum absolute atomic E-state index is 12.8. The molecule has 0 radical (unpaired) electrons. The van der Waals surface area contributed by atoms with Crippen LogP contribution in [0.5, 0.6) is 0 Å². The number of carbonyl (C=O) groups is 2. The Morgan fingerprint density at radius 3 is 2.09 bits per heavy atom. The molecule has 0 N–H and O–H groups in total. The Balaban J connectivity index is 1.90. The van der Waals surface area contributed by atoms with Gasteiger partial charge in [0.1, 0.15) is 11.2 Å². The minimum absolute atomic E-state index is 0.232. The smallest absolute Gasteiger partial charge is 0.419 e. The summed E-state index contributed by atoms with van der Waals surface area (Å²) in [7, 11) is 0. The lowest BCUT2D eigenvalue weighted by Crippen LogP contribution is -2.41. The summed E-state index contributed by atoms with van der Waals surface area (Å²) in [4.78, 5) is 31.8. The Bertz CT molecular complexity index is 1080. The average molecular weight is 456 g/mol. The summed E-state index contributed by atoms with van der Waals surface area (Å²) in [5.41, 5.74) is 3.47. The van der Waals surface area contributed by atoms with Crippen LogP contribution in [0.25, 0.3) is 16.5 Å². The van der Waals surface area contributed by atoms with Crippen molar-refractivity contribution >= 4 is 28.7 Å². The van der Waals surface area contributed by atoms with Crippen molar-refractivity contribution < 1.29 is 19.1 Å². The van der Waals surface area contributed by atoms with Crippen LogP contribution in [0, 0.1) is 6.92 Å². The number of pyridine rings is 1. The lowest BCUT2D eigenvalue weighted by Gasteiger charge is -2.33. The number of fused-ring (bicyclic) bond motifs is 1. The molecule has 0 aromatic carbocycles. The monoisotopic (exact) mass is 455 g/mol. The SMILES string of the molecule is C=C(C)c1cn(C(=O)OC(C)(C)C)c2cnc(C3CCN(C(=O)OC(C)(C)C)CC3)c(C)c12. The van der Waals surface area contributed by atoms with E-state index in [1.54, 1.807) is 17.3 Å². The third-order valence-corrected chi connectivity index (χ3v) is 5.71. The van der Waals surface area contributed by atoms with Crippen molar-refractivity contribution in [1.29, 1.82) is 0 Å². The first-order valence-electron chi connectivity index (χ1n) is 11.6. The molecule has 1 fully saturated rings. The molecule has 7 heteroatoms. The van der Waals surface area contributed by atoms with Gasteiger partial charge in [0.2, 0.25) is 0 Å². The predicted molar refractivity (Wildman–Crippen MR) is 131 cm³/mol. The maximum Gasteiger partial charge on any atom is 0.419 e. The molecule has 3 heterocycles. The van der Waals surface area contributed by atoms with Crippen molar-refractivity contribution in [2.24, 2.45) is 0 Å². The number of aromatic nitrogens is 2. The topological polar surface area (TPSA) is 73.7 Å². The fourth-order valence-corrected chi connectivity index (χ4v) is 4.26. The first kappa shape index (κ1) is 24.8. The van der Waals surface area contributed by atoms with Gasteiger partial charge >= 0.3 is 12.2 Å². The van der Waals surface area contributed by atoms with Gasteiger partial charge in [0.15, 0.2) is 0 Å². The molecule has 180 valence electrons. The van der Waals surface area contributed by atoms with E-state index in [1.165, 1.54) is 4.57 Å². The first-order chi connectivity index (χ1) is 15.2. The highest BCUT2D eigenvalue weighted by molar-refractivity contribution is 5.99. The van der Waals surface area contributed by atoms with Gasteiger partial charge in [-0.15, -0.1) is 0 Å². The van der Waals surface area contributed by atoms with E-state index in [1.807, 2.05) is 48.5 Å². The molecule has 1 aliphatic rings. The number of allylic oxidation sites excluding steroid dienone is 1. The fraction of sp³-hybridized carbons (Fsp3) is 0.577.